The third kappa shape index (κ3) is 52.8. The molecule has 0 aromatic rings. The summed E-state index contributed by atoms with van der Waals surface area (Å²) in [7, 11) is 1.58. The van der Waals surface area contributed by atoms with Crippen LogP contribution in [0.15, 0.2) is 24.3 Å². The molecule has 3 N–H and O–H groups in total. The molecule has 0 aliphatic rings. The van der Waals surface area contributed by atoms with Gasteiger partial charge in [0.25, 0.3) is 0 Å². The number of unbranched alkanes of at least 4 members (excludes halogenated alkanes) is 40. The molecule has 3 atom stereocenters. The molecular weight excluding hydrogens is 864 g/mol. The summed E-state index contributed by atoms with van der Waals surface area (Å²) in [5.41, 5.74) is 0. The number of nitrogens with zero attached hydrogens (tertiary/aromatic N) is 1. The van der Waals surface area contributed by atoms with Crippen molar-refractivity contribution in [1.82, 2.24) is 5.32 Å². The first-order valence-corrected chi connectivity index (χ1v) is 31.2. The van der Waals surface area contributed by atoms with Gasteiger partial charge in [0.05, 0.1) is 39.9 Å². The lowest BCUT2D eigenvalue weighted by atomic mass is 10.0. The summed E-state index contributed by atoms with van der Waals surface area (Å²) < 4.78 is 23.7. The molecule has 404 valence electrons. The zero-order valence-corrected chi connectivity index (χ0v) is 47.0. The number of aliphatic hydroxyl groups excluding tert-OH is 1. The molecule has 0 aromatic heterocycles. The molecule has 0 rings (SSSR count). The van der Waals surface area contributed by atoms with Gasteiger partial charge in [-0.15, -0.1) is 0 Å². The van der Waals surface area contributed by atoms with Gasteiger partial charge in [-0.2, -0.15) is 0 Å². The average molecular weight is 983 g/mol. The largest absolute Gasteiger partial charge is 0.472 e. The van der Waals surface area contributed by atoms with E-state index in [0.717, 1.165) is 51.4 Å². The van der Waals surface area contributed by atoms with E-state index in [2.05, 4.69) is 31.3 Å². The van der Waals surface area contributed by atoms with E-state index in [0.29, 0.717) is 17.4 Å². The summed E-state index contributed by atoms with van der Waals surface area (Å²) in [5, 5.41) is 13.9. The molecular formula is C59H118N2O6P+. The monoisotopic (exact) mass is 982 g/mol. The van der Waals surface area contributed by atoms with E-state index < -0.39 is 20.0 Å². The van der Waals surface area contributed by atoms with Crippen LogP contribution in [0.5, 0.6) is 0 Å². The van der Waals surface area contributed by atoms with Crippen LogP contribution in [-0.2, 0) is 18.4 Å². The van der Waals surface area contributed by atoms with Crippen LogP contribution in [-0.4, -0.2) is 73.4 Å². The minimum absolute atomic E-state index is 0.0614. The van der Waals surface area contributed by atoms with Crippen molar-refractivity contribution in [3.05, 3.63) is 24.3 Å². The Morgan fingerprint density at radius 1 is 0.485 bits per heavy atom. The predicted molar refractivity (Wildman–Crippen MR) is 295 cm³/mol. The van der Waals surface area contributed by atoms with Gasteiger partial charge in [0.15, 0.2) is 0 Å². The van der Waals surface area contributed by atoms with Crippen molar-refractivity contribution in [3.8, 4) is 0 Å². The lowest BCUT2D eigenvalue weighted by Crippen LogP contribution is -2.45. The maximum atomic E-state index is 12.9. The molecule has 0 aliphatic heterocycles. The minimum Gasteiger partial charge on any atom is -0.387 e. The lowest BCUT2D eigenvalue weighted by Gasteiger charge is -2.25. The Hall–Kier alpha value is -1.02. The summed E-state index contributed by atoms with van der Waals surface area (Å²) >= 11 is 0. The van der Waals surface area contributed by atoms with Crippen LogP contribution in [0, 0.1) is 0 Å². The Morgan fingerprint density at radius 2 is 0.794 bits per heavy atom. The summed E-state index contributed by atoms with van der Waals surface area (Å²) in [5.74, 6) is -0.182. The Bertz CT molecular complexity index is 1160. The summed E-state index contributed by atoms with van der Waals surface area (Å²) in [4.78, 5) is 23.2. The number of carbonyl (C=O) groups excluding carboxylic acids is 1. The van der Waals surface area contributed by atoms with E-state index in [-0.39, 0.29) is 19.1 Å². The third-order valence-electron chi connectivity index (χ3n) is 13.7. The van der Waals surface area contributed by atoms with Crippen molar-refractivity contribution < 1.29 is 32.9 Å². The van der Waals surface area contributed by atoms with Crippen LogP contribution in [0.2, 0.25) is 0 Å². The van der Waals surface area contributed by atoms with Gasteiger partial charge in [0.1, 0.15) is 13.2 Å². The van der Waals surface area contributed by atoms with Crippen molar-refractivity contribution in [2.24, 2.45) is 0 Å². The van der Waals surface area contributed by atoms with E-state index in [9.17, 15) is 19.4 Å². The fourth-order valence-corrected chi connectivity index (χ4v) is 9.72. The van der Waals surface area contributed by atoms with Crippen LogP contribution < -0.4 is 5.32 Å². The molecule has 0 radical (unpaired) electrons. The molecule has 1 amide bonds. The number of carbonyl (C=O) groups is 1. The van der Waals surface area contributed by atoms with E-state index in [4.69, 9.17) is 9.05 Å². The summed E-state index contributed by atoms with van der Waals surface area (Å²) in [6.45, 7) is 4.84. The van der Waals surface area contributed by atoms with Crippen molar-refractivity contribution in [2.45, 2.75) is 309 Å². The van der Waals surface area contributed by atoms with Crippen molar-refractivity contribution in [3.63, 3.8) is 0 Å². The van der Waals surface area contributed by atoms with Gasteiger partial charge in [-0.25, -0.2) is 4.57 Å². The van der Waals surface area contributed by atoms with E-state index >= 15 is 0 Å². The Labute approximate surface area is 424 Å². The number of phosphoric ester groups is 1. The summed E-state index contributed by atoms with van der Waals surface area (Å²) in [6, 6.07) is -0.849. The quantitative estimate of drug-likeness (QED) is 0.0243. The smallest absolute Gasteiger partial charge is 0.387 e. The molecule has 0 saturated carbocycles. The molecule has 0 spiro atoms. The van der Waals surface area contributed by atoms with Crippen molar-refractivity contribution >= 4 is 13.7 Å². The fraction of sp³-hybridized carbons (Fsp3) is 0.915. The second-order valence-electron chi connectivity index (χ2n) is 21.7. The zero-order valence-electron chi connectivity index (χ0n) is 46.1. The van der Waals surface area contributed by atoms with Crippen LogP contribution in [0.4, 0.5) is 0 Å². The van der Waals surface area contributed by atoms with Gasteiger partial charge >= 0.3 is 7.82 Å². The third-order valence-corrected chi connectivity index (χ3v) is 14.6. The molecule has 0 bridgehead atoms. The number of nitrogens with one attached hydrogen (secondary N) is 1. The van der Waals surface area contributed by atoms with Crippen LogP contribution in [0.1, 0.15) is 296 Å². The predicted octanol–water partition coefficient (Wildman–Crippen LogP) is 18.0. The molecule has 3 unspecified atom stereocenters. The Balaban J connectivity index is 4.08. The maximum Gasteiger partial charge on any atom is 0.472 e. The highest BCUT2D eigenvalue weighted by Crippen LogP contribution is 2.43. The lowest BCUT2D eigenvalue weighted by molar-refractivity contribution is -0.870. The number of likely N-dealkylation sites (N-methyl/N-ethyl adjacent to an activating group) is 1. The molecule has 0 fully saturated rings. The first-order chi connectivity index (χ1) is 33.0. The standard InChI is InChI=1S/C59H117N2O6P/c1-6-8-10-12-14-16-18-20-22-23-24-25-26-27-28-29-30-31-32-33-34-35-36-37-39-40-42-44-46-48-50-52-58(62)57(56-67-68(64,65)66-55-54-61(3,4)5)60-59(63)53-51-49-47-45-43-41-38-21-19-17-15-13-11-9-7-2/h21,38,50,52,57-58,62H,6-20,22-37,39-49,51,53-56H2,1-5H3,(H-,60,63,64,65)/p+1/b38-21-,52-50+. The number of allylic oxidation sites excluding steroid dienone is 3. The number of rotatable bonds is 55. The first-order valence-electron chi connectivity index (χ1n) is 29.7. The van der Waals surface area contributed by atoms with E-state index in [1.54, 1.807) is 6.08 Å². The van der Waals surface area contributed by atoms with Gasteiger partial charge in [-0.1, -0.05) is 269 Å². The SMILES string of the molecule is CCCCCCCC/C=C\CCCCCCCC(=O)NC(COP(=O)(O)OCC[N+](C)(C)C)C(O)/C=C/CCCCCCCCCCCCCCCCCCCCCCCCCCCCCCC. The summed E-state index contributed by atoms with van der Waals surface area (Å²) in [6.07, 6.45) is 64.4. The maximum absolute atomic E-state index is 12.9. The zero-order chi connectivity index (χ0) is 49.9. The topological polar surface area (TPSA) is 105 Å². The molecule has 68 heavy (non-hydrogen) atoms. The van der Waals surface area contributed by atoms with Gasteiger partial charge in [-0.3, -0.25) is 13.8 Å². The number of amides is 1. The minimum atomic E-state index is -4.35. The van der Waals surface area contributed by atoms with Gasteiger partial charge in [0, 0.05) is 6.42 Å². The average Bonchev–Trinajstić information content (AvgIpc) is 3.30. The number of hydrogen-bond donors (Lipinski definition) is 3. The number of hydrogen-bond acceptors (Lipinski definition) is 5. The Morgan fingerprint density at radius 3 is 1.13 bits per heavy atom. The fourth-order valence-electron chi connectivity index (χ4n) is 8.98. The highest BCUT2D eigenvalue weighted by Gasteiger charge is 2.27. The highest BCUT2D eigenvalue weighted by atomic mass is 31.2. The highest BCUT2D eigenvalue weighted by molar-refractivity contribution is 7.47. The second kappa shape index (κ2) is 50.9. The van der Waals surface area contributed by atoms with Gasteiger partial charge in [0.2, 0.25) is 5.91 Å². The molecule has 0 saturated heterocycles. The molecule has 0 aromatic carbocycles. The normalized spacial score (nSPS) is 14.0. The van der Waals surface area contributed by atoms with Crippen LogP contribution in [0.25, 0.3) is 0 Å². The van der Waals surface area contributed by atoms with Crippen LogP contribution in [0.3, 0.4) is 0 Å². The number of quaternary nitrogens is 1. The molecule has 9 heteroatoms. The van der Waals surface area contributed by atoms with Gasteiger partial charge < -0.3 is 19.8 Å². The van der Waals surface area contributed by atoms with E-state index in [1.807, 2.05) is 27.2 Å². The first kappa shape index (κ1) is 67.0. The number of phosphoric acid groups is 1. The molecule has 0 aliphatic carbocycles. The van der Waals surface area contributed by atoms with Gasteiger partial charge in [-0.05, 0) is 44.9 Å². The molecule has 8 nitrogen and oxygen atoms in total. The van der Waals surface area contributed by atoms with Crippen molar-refractivity contribution in [2.75, 3.05) is 40.9 Å². The second-order valence-corrected chi connectivity index (χ2v) is 23.2. The molecule has 0 heterocycles. The van der Waals surface area contributed by atoms with Crippen molar-refractivity contribution in [1.29, 1.82) is 0 Å². The number of aliphatic hydroxyl groups is 1. The van der Waals surface area contributed by atoms with E-state index in [1.165, 1.54) is 225 Å². The van der Waals surface area contributed by atoms with Crippen LogP contribution >= 0.6 is 7.82 Å². The Kier molecular flexibility index (Phi) is 50.1.